The van der Waals surface area contributed by atoms with Crippen LogP contribution >= 0.6 is 0 Å². The van der Waals surface area contributed by atoms with Gasteiger partial charge in [-0.1, -0.05) is 20.8 Å². The summed E-state index contributed by atoms with van der Waals surface area (Å²) in [4.78, 5) is 3.22. The van der Waals surface area contributed by atoms with Crippen LogP contribution in [0.3, 0.4) is 0 Å². The van der Waals surface area contributed by atoms with Gasteiger partial charge < -0.3 is 9.41 Å². The first-order valence-electron chi connectivity index (χ1n) is 8.53. The maximum Gasteiger partial charge on any atom is 0.191 e. The van der Waals surface area contributed by atoms with Gasteiger partial charge in [-0.3, -0.25) is 0 Å². The lowest BCUT2D eigenvalue weighted by Gasteiger charge is -2.27. The predicted molar refractivity (Wildman–Crippen MR) is 94.3 cm³/mol. The molecule has 1 aromatic carbocycles. The fourth-order valence-electron chi connectivity index (χ4n) is 3.12. The number of halogens is 1. The lowest BCUT2D eigenvalue weighted by atomic mass is 10.1. The van der Waals surface area contributed by atoms with Gasteiger partial charge in [-0.05, 0) is 61.2 Å². The zero-order chi connectivity index (χ0) is 16.0. The van der Waals surface area contributed by atoms with Gasteiger partial charge in [-0.25, -0.2) is 4.39 Å². The van der Waals surface area contributed by atoms with E-state index < -0.39 is 8.32 Å². The predicted octanol–water partition coefficient (Wildman–Crippen LogP) is 5.65. The minimum atomic E-state index is -1.44. The normalized spacial score (nSPS) is 12.2. The van der Waals surface area contributed by atoms with Crippen molar-refractivity contribution in [2.45, 2.75) is 58.2 Å². The van der Waals surface area contributed by atoms with Crippen molar-refractivity contribution >= 4 is 19.2 Å². The number of hydrogen-bond acceptors (Lipinski definition) is 1. The Balaban J connectivity index is 1.82. The Morgan fingerprint density at radius 3 is 2.50 bits per heavy atom. The minimum absolute atomic E-state index is 0.165. The van der Waals surface area contributed by atoms with Gasteiger partial charge in [-0.2, -0.15) is 0 Å². The quantitative estimate of drug-likeness (QED) is 0.468. The van der Waals surface area contributed by atoms with Gasteiger partial charge in [-0.15, -0.1) is 0 Å². The molecule has 0 radical (unpaired) electrons. The summed E-state index contributed by atoms with van der Waals surface area (Å²) in [5.74, 6) is -0.165. The first-order valence-corrected chi connectivity index (χ1v) is 11.1. The number of nitrogens with one attached hydrogen (secondary N) is 1. The Hall–Kier alpha value is -1.13. The number of aromatic amines is 1. The van der Waals surface area contributed by atoms with Gasteiger partial charge in [0.25, 0.3) is 0 Å². The molecule has 2 aromatic rings. The molecule has 0 aliphatic heterocycles. The summed E-state index contributed by atoms with van der Waals surface area (Å²) >= 11 is 0. The fourth-order valence-corrected chi connectivity index (χ4v) is 5.81. The van der Waals surface area contributed by atoms with Gasteiger partial charge >= 0.3 is 0 Å². The summed E-state index contributed by atoms with van der Waals surface area (Å²) in [7, 11) is -1.44. The first kappa shape index (κ1) is 17.2. The maximum atomic E-state index is 13.4. The van der Waals surface area contributed by atoms with Crippen LogP contribution in [0, 0.1) is 5.82 Å². The Morgan fingerprint density at radius 2 is 1.82 bits per heavy atom. The SMILES string of the molecule is CC[Si](CC)(CC)OCCCCc1c[nH]c2ccc(F)cc12. The van der Waals surface area contributed by atoms with Crippen LogP contribution in [-0.2, 0) is 10.8 Å². The highest BCUT2D eigenvalue weighted by Gasteiger charge is 2.28. The van der Waals surface area contributed by atoms with Gasteiger partial charge in [0.05, 0.1) is 0 Å². The molecule has 122 valence electrons. The highest BCUT2D eigenvalue weighted by molar-refractivity contribution is 6.73. The number of hydrogen-bond donors (Lipinski definition) is 1. The maximum absolute atomic E-state index is 13.4. The van der Waals surface area contributed by atoms with Crippen molar-refractivity contribution in [1.82, 2.24) is 4.98 Å². The molecule has 0 aliphatic carbocycles. The van der Waals surface area contributed by atoms with Crippen LogP contribution in [0.1, 0.15) is 39.2 Å². The van der Waals surface area contributed by atoms with Crippen LogP contribution in [0.5, 0.6) is 0 Å². The number of aryl methyl sites for hydroxylation is 1. The molecule has 0 atom stereocenters. The summed E-state index contributed by atoms with van der Waals surface area (Å²) in [6.07, 6.45) is 5.15. The van der Waals surface area contributed by atoms with Crippen LogP contribution in [0.4, 0.5) is 4.39 Å². The molecule has 0 aliphatic rings. The summed E-state index contributed by atoms with van der Waals surface area (Å²) in [5.41, 5.74) is 2.22. The summed E-state index contributed by atoms with van der Waals surface area (Å²) in [5, 5.41) is 1.01. The molecule has 0 bridgehead atoms. The molecular weight excluding hydrogens is 293 g/mol. The van der Waals surface area contributed by atoms with E-state index in [9.17, 15) is 4.39 Å². The zero-order valence-corrected chi connectivity index (χ0v) is 15.0. The number of unbranched alkanes of at least 4 members (excludes halogenated alkanes) is 1. The molecule has 0 unspecified atom stereocenters. The topological polar surface area (TPSA) is 25.0 Å². The van der Waals surface area contributed by atoms with Crippen molar-refractivity contribution in [2.24, 2.45) is 0 Å². The number of rotatable bonds is 9. The van der Waals surface area contributed by atoms with E-state index in [1.165, 1.54) is 29.8 Å². The average molecular weight is 322 g/mol. The Morgan fingerprint density at radius 1 is 1.09 bits per heavy atom. The highest BCUT2D eigenvalue weighted by atomic mass is 28.4. The Bertz CT molecular complexity index is 584. The van der Waals surface area contributed by atoms with Crippen molar-refractivity contribution in [1.29, 1.82) is 0 Å². The average Bonchev–Trinajstić information content (AvgIpc) is 2.94. The van der Waals surface area contributed by atoms with E-state index >= 15 is 0 Å². The van der Waals surface area contributed by atoms with Crippen LogP contribution in [0.25, 0.3) is 10.9 Å². The Kier molecular flexibility index (Phi) is 6.21. The Labute approximate surface area is 134 Å². The largest absolute Gasteiger partial charge is 0.417 e. The molecule has 4 heteroatoms. The minimum Gasteiger partial charge on any atom is -0.417 e. The van der Waals surface area contributed by atoms with Crippen LogP contribution in [0.2, 0.25) is 18.1 Å². The molecule has 2 rings (SSSR count). The van der Waals surface area contributed by atoms with E-state index in [1.54, 1.807) is 12.1 Å². The van der Waals surface area contributed by atoms with E-state index in [2.05, 4.69) is 25.8 Å². The lowest BCUT2D eigenvalue weighted by Crippen LogP contribution is -2.36. The highest BCUT2D eigenvalue weighted by Crippen LogP contribution is 2.23. The molecule has 0 saturated carbocycles. The molecule has 0 saturated heterocycles. The van der Waals surface area contributed by atoms with Gasteiger partial charge in [0.15, 0.2) is 8.32 Å². The first-order chi connectivity index (χ1) is 10.6. The standard InChI is InChI=1S/C18H28FNOSi/c1-4-22(5-2,6-3)21-12-8-7-9-15-14-20-18-11-10-16(19)13-17(15)18/h10-11,13-14,20H,4-9,12H2,1-3H3. The smallest absolute Gasteiger partial charge is 0.191 e. The molecule has 1 N–H and O–H groups in total. The third-order valence-corrected chi connectivity index (χ3v) is 9.59. The summed E-state index contributed by atoms with van der Waals surface area (Å²) in [6, 6.07) is 8.56. The fraction of sp³-hybridized carbons (Fsp3) is 0.556. The summed E-state index contributed by atoms with van der Waals surface area (Å²) < 4.78 is 19.6. The van der Waals surface area contributed by atoms with E-state index in [4.69, 9.17) is 4.43 Å². The second-order valence-corrected chi connectivity index (χ2v) is 10.8. The zero-order valence-electron chi connectivity index (χ0n) is 14.0. The molecule has 0 fully saturated rings. The van der Waals surface area contributed by atoms with Gasteiger partial charge in [0, 0.05) is 23.7 Å². The van der Waals surface area contributed by atoms with Crippen LogP contribution < -0.4 is 0 Å². The molecule has 22 heavy (non-hydrogen) atoms. The molecule has 1 heterocycles. The molecular formula is C18H28FNOSi. The van der Waals surface area contributed by atoms with Crippen molar-refractivity contribution in [3.05, 3.63) is 35.8 Å². The molecule has 1 aromatic heterocycles. The molecule has 0 amide bonds. The van der Waals surface area contributed by atoms with E-state index in [1.807, 2.05) is 6.20 Å². The van der Waals surface area contributed by atoms with Gasteiger partial charge in [0.1, 0.15) is 5.82 Å². The van der Waals surface area contributed by atoms with Crippen molar-refractivity contribution in [2.75, 3.05) is 6.61 Å². The molecule has 0 spiro atoms. The monoisotopic (exact) mass is 321 g/mol. The number of H-pyrrole nitrogens is 1. The second-order valence-electron chi connectivity index (χ2n) is 6.05. The van der Waals surface area contributed by atoms with Crippen LogP contribution in [-0.4, -0.2) is 19.9 Å². The second kappa shape index (κ2) is 7.93. The van der Waals surface area contributed by atoms with E-state index in [0.29, 0.717) is 0 Å². The van der Waals surface area contributed by atoms with Crippen LogP contribution in [0.15, 0.2) is 24.4 Å². The van der Waals surface area contributed by atoms with E-state index in [-0.39, 0.29) is 5.82 Å². The van der Waals surface area contributed by atoms with Gasteiger partial charge in [0.2, 0.25) is 0 Å². The molecule has 2 nitrogen and oxygen atoms in total. The van der Waals surface area contributed by atoms with E-state index in [0.717, 1.165) is 36.8 Å². The van der Waals surface area contributed by atoms with Crippen molar-refractivity contribution < 1.29 is 8.82 Å². The van der Waals surface area contributed by atoms with Crippen molar-refractivity contribution in [3.8, 4) is 0 Å². The summed E-state index contributed by atoms with van der Waals surface area (Å²) in [6.45, 7) is 7.66. The third kappa shape index (κ3) is 3.99. The number of benzene rings is 1. The number of fused-ring (bicyclic) bond motifs is 1. The third-order valence-electron chi connectivity index (χ3n) is 4.91. The lowest BCUT2D eigenvalue weighted by molar-refractivity contribution is 0.289. The number of aromatic nitrogens is 1. The van der Waals surface area contributed by atoms with Crippen molar-refractivity contribution in [3.63, 3.8) is 0 Å².